The maximum absolute atomic E-state index is 12.2. The van der Waals surface area contributed by atoms with Gasteiger partial charge in [0, 0.05) is 18.9 Å². The summed E-state index contributed by atoms with van der Waals surface area (Å²) in [5.74, 6) is 1.40. The molecule has 2 aromatic heterocycles. The first-order chi connectivity index (χ1) is 13.2. The summed E-state index contributed by atoms with van der Waals surface area (Å²) in [6, 6.07) is 17.1. The fourth-order valence-corrected chi connectivity index (χ4v) is 2.53. The number of hydrogen-bond donors (Lipinski definition) is 2. The van der Waals surface area contributed by atoms with Crippen LogP contribution in [0.15, 0.2) is 67.0 Å². The molecule has 0 fully saturated rings. The number of carbonyl (C=O) groups excluding carboxylic acids is 1. The van der Waals surface area contributed by atoms with Crippen molar-refractivity contribution in [2.24, 2.45) is 0 Å². The third kappa shape index (κ3) is 5.54. The molecule has 0 aliphatic rings. The lowest BCUT2D eigenvalue weighted by atomic mass is 10.1. The molecule has 0 atom stereocenters. The number of hydrogen-bond acceptors (Lipinski definition) is 5. The van der Waals surface area contributed by atoms with Crippen molar-refractivity contribution < 1.29 is 9.53 Å². The van der Waals surface area contributed by atoms with Crippen LogP contribution in [0, 0.1) is 0 Å². The average Bonchev–Trinajstić information content (AvgIpc) is 2.74. The number of aromatic nitrogens is 2. The number of methoxy groups -OCH3 is 1. The van der Waals surface area contributed by atoms with Gasteiger partial charge in [0.05, 0.1) is 24.9 Å². The van der Waals surface area contributed by atoms with Gasteiger partial charge in [0.1, 0.15) is 11.6 Å². The van der Waals surface area contributed by atoms with Gasteiger partial charge >= 0.3 is 0 Å². The highest BCUT2D eigenvalue weighted by atomic mass is 16.5. The predicted octanol–water partition coefficient (Wildman–Crippen LogP) is 3.07. The van der Waals surface area contributed by atoms with Gasteiger partial charge in [-0.2, -0.15) is 0 Å². The van der Waals surface area contributed by atoms with E-state index in [1.165, 1.54) is 0 Å². The third-order valence-electron chi connectivity index (χ3n) is 4.06. The van der Waals surface area contributed by atoms with Crippen LogP contribution in [0.2, 0.25) is 0 Å². The zero-order valence-electron chi connectivity index (χ0n) is 15.2. The van der Waals surface area contributed by atoms with Gasteiger partial charge in [-0.25, -0.2) is 4.98 Å². The Bertz CT molecular complexity index is 850. The highest BCUT2D eigenvalue weighted by Crippen LogP contribution is 2.11. The molecule has 0 aliphatic carbocycles. The fraction of sp³-hybridized carbons (Fsp3) is 0.190. The normalized spacial score (nSPS) is 10.3. The number of carbonyl (C=O) groups is 1. The van der Waals surface area contributed by atoms with E-state index in [0.717, 1.165) is 23.4 Å². The second-order valence-corrected chi connectivity index (χ2v) is 5.96. The van der Waals surface area contributed by atoms with Crippen LogP contribution in [-0.4, -0.2) is 29.5 Å². The van der Waals surface area contributed by atoms with Crippen molar-refractivity contribution >= 4 is 11.7 Å². The van der Waals surface area contributed by atoms with E-state index in [9.17, 15) is 4.79 Å². The lowest BCUT2D eigenvalue weighted by Gasteiger charge is -2.08. The van der Waals surface area contributed by atoms with Gasteiger partial charge in [0.15, 0.2) is 0 Å². The Kier molecular flexibility index (Phi) is 6.35. The zero-order chi connectivity index (χ0) is 18.9. The first-order valence-electron chi connectivity index (χ1n) is 8.75. The Morgan fingerprint density at radius 1 is 1.04 bits per heavy atom. The molecule has 1 aromatic carbocycles. The molecule has 138 valence electrons. The summed E-state index contributed by atoms with van der Waals surface area (Å²) in [7, 11) is 1.64. The molecule has 3 rings (SSSR count). The molecule has 0 unspecified atom stereocenters. The van der Waals surface area contributed by atoms with Crippen LogP contribution >= 0.6 is 0 Å². The number of benzene rings is 1. The number of ether oxygens (including phenoxy) is 1. The van der Waals surface area contributed by atoms with E-state index in [1.54, 1.807) is 31.6 Å². The highest BCUT2D eigenvalue weighted by molar-refractivity contribution is 5.94. The van der Waals surface area contributed by atoms with Crippen LogP contribution in [0.3, 0.4) is 0 Å². The average molecular weight is 362 g/mol. The zero-order valence-corrected chi connectivity index (χ0v) is 15.2. The van der Waals surface area contributed by atoms with Crippen LogP contribution in [0.5, 0.6) is 5.75 Å². The summed E-state index contributed by atoms with van der Waals surface area (Å²) >= 11 is 0. The maximum Gasteiger partial charge on any atom is 0.252 e. The summed E-state index contributed by atoms with van der Waals surface area (Å²) in [5.41, 5.74) is 2.61. The number of pyridine rings is 2. The first kappa shape index (κ1) is 18.4. The molecular formula is C21H22N4O2. The molecule has 6 nitrogen and oxygen atoms in total. The van der Waals surface area contributed by atoms with Crippen LogP contribution < -0.4 is 15.4 Å². The van der Waals surface area contributed by atoms with Gasteiger partial charge in [-0.1, -0.05) is 18.2 Å². The van der Waals surface area contributed by atoms with E-state index in [4.69, 9.17) is 4.74 Å². The van der Waals surface area contributed by atoms with Crippen LogP contribution in [0.25, 0.3) is 0 Å². The quantitative estimate of drug-likeness (QED) is 0.644. The van der Waals surface area contributed by atoms with Crippen LogP contribution in [0.1, 0.15) is 21.6 Å². The number of rotatable bonds is 8. The van der Waals surface area contributed by atoms with Gasteiger partial charge in [-0.15, -0.1) is 0 Å². The van der Waals surface area contributed by atoms with Crippen molar-refractivity contribution in [1.82, 2.24) is 15.3 Å². The fourth-order valence-electron chi connectivity index (χ4n) is 2.53. The largest absolute Gasteiger partial charge is 0.497 e. The first-order valence-corrected chi connectivity index (χ1v) is 8.75. The Morgan fingerprint density at radius 2 is 1.89 bits per heavy atom. The van der Waals surface area contributed by atoms with Gasteiger partial charge < -0.3 is 15.4 Å². The molecule has 3 aromatic rings. The molecule has 6 heteroatoms. The lowest BCUT2D eigenvalue weighted by molar-refractivity contribution is 0.0954. The number of nitrogens with one attached hydrogen (secondary N) is 2. The number of nitrogens with zero attached hydrogens (tertiary/aromatic N) is 2. The van der Waals surface area contributed by atoms with E-state index in [0.29, 0.717) is 24.5 Å². The summed E-state index contributed by atoms with van der Waals surface area (Å²) in [6.45, 7) is 1.14. The molecule has 2 heterocycles. The molecule has 0 aliphatic heterocycles. The van der Waals surface area contributed by atoms with Crippen molar-refractivity contribution in [2.75, 3.05) is 19.0 Å². The van der Waals surface area contributed by atoms with E-state index >= 15 is 0 Å². The summed E-state index contributed by atoms with van der Waals surface area (Å²) in [4.78, 5) is 20.8. The van der Waals surface area contributed by atoms with Gasteiger partial charge in [0.25, 0.3) is 5.91 Å². The maximum atomic E-state index is 12.2. The number of amides is 1. The van der Waals surface area contributed by atoms with Crippen LogP contribution in [0.4, 0.5) is 5.82 Å². The molecule has 1 amide bonds. The Labute approximate surface area is 158 Å². The molecule has 0 saturated heterocycles. The molecule has 0 saturated carbocycles. The van der Waals surface area contributed by atoms with E-state index < -0.39 is 0 Å². The Balaban J connectivity index is 1.45. The minimum atomic E-state index is -0.132. The monoisotopic (exact) mass is 362 g/mol. The highest BCUT2D eigenvalue weighted by Gasteiger charge is 2.06. The summed E-state index contributed by atoms with van der Waals surface area (Å²) < 4.78 is 5.14. The standard InChI is InChI=1S/C21H22N4O2/c1-27-19-8-5-16(6-9-19)11-13-23-21(26)17-7-10-20(24-14-17)25-15-18-4-2-3-12-22-18/h2-10,12,14H,11,13,15H2,1H3,(H,23,26)(H,24,25). The van der Waals surface area contributed by atoms with E-state index in [1.807, 2.05) is 42.5 Å². The second kappa shape index (κ2) is 9.33. The summed E-state index contributed by atoms with van der Waals surface area (Å²) in [6.07, 6.45) is 4.08. The summed E-state index contributed by atoms with van der Waals surface area (Å²) in [5, 5.41) is 6.10. The predicted molar refractivity (Wildman–Crippen MR) is 105 cm³/mol. The molecule has 27 heavy (non-hydrogen) atoms. The Hall–Kier alpha value is -3.41. The van der Waals surface area contributed by atoms with Gasteiger partial charge in [0.2, 0.25) is 0 Å². The second-order valence-electron chi connectivity index (χ2n) is 5.96. The van der Waals surface area contributed by atoms with Crippen LogP contribution in [-0.2, 0) is 13.0 Å². The van der Waals surface area contributed by atoms with Gasteiger partial charge in [-0.3, -0.25) is 9.78 Å². The van der Waals surface area contributed by atoms with Crippen molar-refractivity contribution in [3.8, 4) is 5.75 Å². The molecule has 0 spiro atoms. The van der Waals surface area contributed by atoms with Gasteiger partial charge in [-0.05, 0) is 48.4 Å². The molecular weight excluding hydrogens is 340 g/mol. The SMILES string of the molecule is COc1ccc(CCNC(=O)c2ccc(NCc3ccccn3)nc2)cc1. The van der Waals surface area contributed by atoms with Crippen molar-refractivity contribution in [2.45, 2.75) is 13.0 Å². The lowest BCUT2D eigenvalue weighted by Crippen LogP contribution is -2.25. The van der Waals surface area contributed by atoms with Crippen molar-refractivity contribution in [3.05, 3.63) is 83.8 Å². The van der Waals surface area contributed by atoms with Crippen molar-refractivity contribution in [1.29, 1.82) is 0 Å². The minimum absolute atomic E-state index is 0.132. The molecule has 0 bridgehead atoms. The Morgan fingerprint density at radius 3 is 2.56 bits per heavy atom. The van der Waals surface area contributed by atoms with E-state index in [-0.39, 0.29) is 5.91 Å². The minimum Gasteiger partial charge on any atom is -0.497 e. The molecule has 2 N–H and O–H groups in total. The topological polar surface area (TPSA) is 76.1 Å². The van der Waals surface area contributed by atoms with E-state index in [2.05, 4.69) is 20.6 Å². The van der Waals surface area contributed by atoms with Crippen molar-refractivity contribution in [3.63, 3.8) is 0 Å². The smallest absolute Gasteiger partial charge is 0.252 e. The number of anilines is 1. The molecule has 0 radical (unpaired) electrons. The third-order valence-corrected chi connectivity index (χ3v) is 4.06.